The number of phenols is 1. The van der Waals surface area contributed by atoms with Gasteiger partial charge >= 0.3 is 0 Å². The molecule has 70 valence electrons. The molecule has 1 N–H and O–H groups in total. The Morgan fingerprint density at radius 1 is 1.36 bits per heavy atom. The van der Waals surface area contributed by atoms with Crippen molar-refractivity contribution in [2.24, 2.45) is 0 Å². The third-order valence-electron chi connectivity index (χ3n) is 2.10. The lowest BCUT2D eigenvalue weighted by atomic mass is 10.1. The second-order valence-electron chi connectivity index (χ2n) is 3.09. The van der Waals surface area contributed by atoms with Gasteiger partial charge in [0.15, 0.2) is 5.78 Å². The van der Waals surface area contributed by atoms with Crippen molar-refractivity contribution in [2.45, 2.75) is 6.92 Å². The van der Waals surface area contributed by atoms with Gasteiger partial charge in [-0.25, -0.2) is 0 Å². The highest BCUT2D eigenvalue weighted by atomic mass is 16.3. The summed E-state index contributed by atoms with van der Waals surface area (Å²) in [6, 6.07) is 6.89. The van der Waals surface area contributed by atoms with E-state index in [1.54, 1.807) is 24.4 Å². The van der Waals surface area contributed by atoms with Gasteiger partial charge < -0.3 is 5.11 Å². The van der Waals surface area contributed by atoms with Crippen molar-refractivity contribution >= 4 is 16.6 Å². The zero-order valence-electron chi connectivity index (χ0n) is 7.69. The number of rotatable bonds is 1. The lowest BCUT2D eigenvalue weighted by Gasteiger charge is -2.03. The lowest BCUT2D eigenvalue weighted by Crippen LogP contribution is -1.97. The molecule has 2 rings (SSSR count). The molecule has 0 radical (unpaired) electrons. The summed E-state index contributed by atoms with van der Waals surface area (Å²) in [4.78, 5) is 15.2. The van der Waals surface area contributed by atoms with Gasteiger partial charge in [0, 0.05) is 13.1 Å². The molecule has 0 aliphatic carbocycles. The molecular weight excluding hydrogens is 178 g/mol. The van der Waals surface area contributed by atoms with Crippen molar-refractivity contribution in [1.82, 2.24) is 4.98 Å². The van der Waals surface area contributed by atoms with Crippen molar-refractivity contribution in [2.75, 3.05) is 0 Å². The van der Waals surface area contributed by atoms with E-state index in [0.717, 1.165) is 5.39 Å². The van der Waals surface area contributed by atoms with Crippen LogP contribution < -0.4 is 0 Å². The Labute approximate surface area is 81.0 Å². The number of hydrogen-bond donors (Lipinski definition) is 1. The van der Waals surface area contributed by atoms with Gasteiger partial charge in [0.05, 0.1) is 5.39 Å². The van der Waals surface area contributed by atoms with E-state index in [2.05, 4.69) is 4.98 Å². The Bertz CT molecular complexity index is 500. The van der Waals surface area contributed by atoms with Gasteiger partial charge in [0.1, 0.15) is 11.4 Å². The van der Waals surface area contributed by atoms with E-state index >= 15 is 0 Å². The third kappa shape index (κ3) is 1.23. The maximum atomic E-state index is 11.2. The third-order valence-corrected chi connectivity index (χ3v) is 2.10. The molecule has 0 spiro atoms. The number of carbonyl (C=O) groups is 1. The molecule has 3 heteroatoms. The molecule has 0 saturated carbocycles. The first kappa shape index (κ1) is 8.69. The molecule has 0 aliphatic rings. The predicted octanol–water partition coefficient (Wildman–Crippen LogP) is 2.14. The number of carbonyl (C=O) groups excluding carboxylic acids is 1. The van der Waals surface area contributed by atoms with Gasteiger partial charge in [-0.15, -0.1) is 0 Å². The van der Waals surface area contributed by atoms with E-state index in [9.17, 15) is 9.90 Å². The molecule has 14 heavy (non-hydrogen) atoms. The molecule has 0 unspecified atom stereocenters. The average Bonchev–Trinajstić information content (AvgIpc) is 2.17. The van der Waals surface area contributed by atoms with Gasteiger partial charge in [-0.3, -0.25) is 9.78 Å². The van der Waals surface area contributed by atoms with Gasteiger partial charge in [0.25, 0.3) is 0 Å². The van der Waals surface area contributed by atoms with Gasteiger partial charge in [-0.05, 0) is 17.5 Å². The molecule has 1 heterocycles. The van der Waals surface area contributed by atoms with Crippen LogP contribution in [0.1, 0.15) is 17.4 Å². The predicted molar refractivity (Wildman–Crippen MR) is 53.4 cm³/mol. The quantitative estimate of drug-likeness (QED) is 0.696. The number of Topliss-reactive ketones (excluding diaryl/α,β-unsaturated/α-hetero) is 1. The minimum Gasteiger partial charge on any atom is -0.507 e. The van der Waals surface area contributed by atoms with Crippen molar-refractivity contribution in [1.29, 1.82) is 0 Å². The fourth-order valence-electron chi connectivity index (χ4n) is 1.48. The topological polar surface area (TPSA) is 50.2 Å². The first-order valence-corrected chi connectivity index (χ1v) is 4.28. The van der Waals surface area contributed by atoms with Crippen LogP contribution in [0.15, 0.2) is 30.5 Å². The number of fused-ring (bicyclic) bond motifs is 1. The zero-order chi connectivity index (χ0) is 10.1. The van der Waals surface area contributed by atoms with Crippen LogP contribution >= 0.6 is 0 Å². The number of nitrogens with zero attached hydrogens (tertiary/aromatic N) is 1. The summed E-state index contributed by atoms with van der Waals surface area (Å²) >= 11 is 0. The fraction of sp³-hybridized carbons (Fsp3) is 0.0909. The minimum atomic E-state index is -0.142. The SMILES string of the molecule is CC(=O)c1nccc2cccc(O)c12. The van der Waals surface area contributed by atoms with Crippen LogP contribution in [0.4, 0.5) is 0 Å². The summed E-state index contributed by atoms with van der Waals surface area (Å²) in [5.74, 6) is -0.0436. The van der Waals surface area contributed by atoms with E-state index in [0.29, 0.717) is 11.1 Å². The molecule has 0 fully saturated rings. The van der Waals surface area contributed by atoms with Gasteiger partial charge in [-0.2, -0.15) is 0 Å². The number of ketones is 1. The number of aromatic nitrogens is 1. The largest absolute Gasteiger partial charge is 0.507 e. The monoisotopic (exact) mass is 187 g/mol. The molecule has 2 aromatic rings. The first-order valence-electron chi connectivity index (χ1n) is 4.28. The Hall–Kier alpha value is -1.90. The molecule has 0 bridgehead atoms. The molecule has 0 saturated heterocycles. The summed E-state index contributed by atoms with van der Waals surface area (Å²) < 4.78 is 0. The number of pyridine rings is 1. The summed E-state index contributed by atoms with van der Waals surface area (Å²) in [5, 5.41) is 11.0. The fourth-order valence-corrected chi connectivity index (χ4v) is 1.48. The summed E-state index contributed by atoms with van der Waals surface area (Å²) in [6.07, 6.45) is 1.57. The van der Waals surface area contributed by atoms with Crippen molar-refractivity contribution in [3.63, 3.8) is 0 Å². The van der Waals surface area contributed by atoms with E-state index in [1.165, 1.54) is 6.92 Å². The smallest absolute Gasteiger partial charge is 0.178 e. The average molecular weight is 187 g/mol. The van der Waals surface area contributed by atoms with Crippen molar-refractivity contribution in [3.05, 3.63) is 36.2 Å². The number of aromatic hydroxyl groups is 1. The summed E-state index contributed by atoms with van der Waals surface area (Å²) in [7, 11) is 0. The van der Waals surface area contributed by atoms with E-state index in [4.69, 9.17) is 0 Å². The van der Waals surface area contributed by atoms with Crippen LogP contribution in [0.5, 0.6) is 5.75 Å². The maximum absolute atomic E-state index is 11.2. The first-order chi connectivity index (χ1) is 6.70. The Morgan fingerprint density at radius 2 is 2.14 bits per heavy atom. The summed E-state index contributed by atoms with van der Waals surface area (Å²) in [5.41, 5.74) is 0.320. The van der Waals surface area contributed by atoms with Gasteiger partial charge in [0.2, 0.25) is 0 Å². The molecule has 1 aromatic heterocycles. The van der Waals surface area contributed by atoms with Crippen LogP contribution in [0.25, 0.3) is 10.8 Å². The van der Waals surface area contributed by atoms with Crippen molar-refractivity contribution in [3.8, 4) is 5.75 Å². The normalized spacial score (nSPS) is 10.4. The van der Waals surface area contributed by atoms with Crippen LogP contribution in [0, 0.1) is 0 Å². The van der Waals surface area contributed by atoms with Crippen molar-refractivity contribution < 1.29 is 9.90 Å². The molecule has 3 nitrogen and oxygen atoms in total. The van der Waals surface area contributed by atoms with E-state index in [-0.39, 0.29) is 11.5 Å². The second kappa shape index (κ2) is 3.10. The highest BCUT2D eigenvalue weighted by molar-refractivity contribution is 6.07. The summed E-state index contributed by atoms with van der Waals surface area (Å²) in [6.45, 7) is 1.44. The highest BCUT2D eigenvalue weighted by Gasteiger charge is 2.09. The molecule has 0 amide bonds. The molecule has 0 aliphatic heterocycles. The van der Waals surface area contributed by atoms with Gasteiger partial charge in [-0.1, -0.05) is 12.1 Å². The Balaban J connectivity index is 2.91. The Kier molecular flexibility index (Phi) is 1.93. The van der Waals surface area contributed by atoms with Crippen LogP contribution in [-0.2, 0) is 0 Å². The molecular formula is C11H9NO2. The molecule has 0 atom stereocenters. The highest BCUT2D eigenvalue weighted by Crippen LogP contribution is 2.26. The minimum absolute atomic E-state index is 0.0980. The Morgan fingerprint density at radius 3 is 2.86 bits per heavy atom. The van der Waals surface area contributed by atoms with E-state index in [1.807, 2.05) is 6.07 Å². The van der Waals surface area contributed by atoms with Crippen LogP contribution in [-0.4, -0.2) is 15.9 Å². The van der Waals surface area contributed by atoms with E-state index < -0.39 is 0 Å². The van der Waals surface area contributed by atoms with Crippen LogP contribution in [0.2, 0.25) is 0 Å². The lowest BCUT2D eigenvalue weighted by molar-refractivity contribution is 0.101. The second-order valence-corrected chi connectivity index (χ2v) is 3.09. The number of phenolic OH excluding ortho intramolecular Hbond substituents is 1. The zero-order valence-corrected chi connectivity index (χ0v) is 7.69. The number of hydrogen-bond acceptors (Lipinski definition) is 3. The number of benzene rings is 1. The van der Waals surface area contributed by atoms with Crippen LogP contribution in [0.3, 0.4) is 0 Å². The maximum Gasteiger partial charge on any atom is 0.178 e. The molecule has 1 aromatic carbocycles. The standard InChI is InChI=1S/C11H9NO2/c1-7(13)11-10-8(5-6-12-11)3-2-4-9(10)14/h2-6,14H,1H3.